The lowest BCUT2D eigenvalue weighted by atomic mass is 9.82. The van der Waals surface area contributed by atoms with Crippen LogP contribution in [-0.2, 0) is 21.2 Å². The lowest BCUT2D eigenvalue weighted by Crippen LogP contribution is -2.58. The van der Waals surface area contributed by atoms with Crippen LogP contribution in [0.5, 0.6) is 0 Å². The van der Waals surface area contributed by atoms with E-state index in [9.17, 15) is 17.6 Å². The van der Waals surface area contributed by atoms with Crippen LogP contribution in [0.1, 0.15) is 63.5 Å². The third kappa shape index (κ3) is 7.00. The van der Waals surface area contributed by atoms with Gasteiger partial charge in [0.25, 0.3) is 0 Å². The topological polar surface area (TPSA) is 105 Å². The van der Waals surface area contributed by atoms with Crippen LogP contribution in [0.15, 0.2) is 42.5 Å². The van der Waals surface area contributed by atoms with Crippen LogP contribution in [-0.4, -0.2) is 55.1 Å². The summed E-state index contributed by atoms with van der Waals surface area (Å²) >= 11 is 6.04. The Hall–Kier alpha value is -2.04. The summed E-state index contributed by atoms with van der Waals surface area (Å²) in [5.74, 6) is -0.959. The van der Waals surface area contributed by atoms with Crippen molar-refractivity contribution >= 4 is 33.2 Å². The number of carbonyl (C=O) groups excluding carboxylic acids is 1. The molecule has 4 rings (SSSR count). The summed E-state index contributed by atoms with van der Waals surface area (Å²) in [5, 5.41) is 6.55. The largest absolute Gasteiger partial charge is 0.324 e. The molecule has 0 spiro atoms. The van der Waals surface area contributed by atoms with Gasteiger partial charge in [-0.15, -0.1) is 0 Å². The molecule has 214 valence electrons. The van der Waals surface area contributed by atoms with Gasteiger partial charge in [0.15, 0.2) is 0 Å². The highest BCUT2D eigenvalue weighted by atomic mass is 35.5. The second kappa shape index (κ2) is 12.6. The van der Waals surface area contributed by atoms with E-state index in [0.717, 1.165) is 18.4 Å². The quantitative estimate of drug-likeness (QED) is 0.360. The average molecular weight is 579 g/mol. The molecule has 7 nitrogen and oxygen atoms in total. The summed E-state index contributed by atoms with van der Waals surface area (Å²) < 4.78 is 42.9. The summed E-state index contributed by atoms with van der Waals surface area (Å²) in [6.07, 6.45) is 2.98. The maximum Gasteiger partial charge on any atom is 0.241 e. The normalized spacial score (nSPS) is 22.0. The van der Waals surface area contributed by atoms with E-state index in [-0.39, 0.29) is 35.1 Å². The molecule has 1 heterocycles. The zero-order valence-electron chi connectivity index (χ0n) is 22.9. The molecule has 1 saturated heterocycles. The molecule has 4 atom stereocenters. The molecule has 2 aliphatic rings. The van der Waals surface area contributed by atoms with Crippen molar-refractivity contribution in [2.45, 2.75) is 82.2 Å². The van der Waals surface area contributed by atoms with Crippen molar-refractivity contribution in [3.05, 3.63) is 64.4 Å². The van der Waals surface area contributed by atoms with E-state index in [4.69, 9.17) is 17.3 Å². The number of nitrogens with zero attached hydrogens (tertiary/aromatic N) is 1. The van der Waals surface area contributed by atoms with Crippen LogP contribution in [0.4, 0.5) is 10.1 Å². The molecule has 39 heavy (non-hydrogen) atoms. The number of hydrogen-bond acceptors (Lipinski definition) is 5. The van der Waals surface area contributed by atoms with E-state index in [1.54, 1.807) is 28.6 Å². The Morgan fingerprint density at radius 2 is 1.87 bits per heavy atom. The molecular weight excluding hydrogens is 539 g/mol. The second-order valence-electron chi connectivity index (χ2n) is 11.2. The first-order valence-corrected chi connectivity index (χ1v) is 15.7. The predicted molar refractivity (Wildman–Crippen MR) is 155 cm³/mol. The zero-order valence-corrected chi connectivity index (χ0v) is 24.4. The first-order valence-electron chi connectivity index (χ1n) is 13.8. The number of benzene rings is 2. The molecule has 1 aliphatic carbocycles. The Morgan fingerprint density at radius 3 is 2.51 bits per heavy atom. The molecule has 2 fully saturated rings. The number of piperazine rings is 1. The van der Waals surface area contributed by atoms with Gasteiger partial charge in [-0.1, -0.05) is 43.6 Å². The molecule has 0 aromatic heterocycles. The highest BCUT2D eigenvalue weighted by Gasteiger charge is 2.45. The Kier molecular flexibility index (Phi) is 9.70. The van der Waals surface area contributed by atoms with Crippen LogP contribution in [0.2, 0.25) is 5.02 Å². The minimum atomic E-state index is -3.32. The molecule has 10 heteroatoms. The number of nitrogens with two attached hydrogens (primary N) is 1. The maximum absolute atomic E-state index is 15.0. The number of anilines is 1. The van der Waals surface area contributed by atoms with E-state index in [0.29, 0.717) is 48.6 Å². The van der Waals surface area contributed by atoms with Crippen LogP contribution < -0.4 is 16.4 Å². The minimum absolute atomic E-state index is 0.0836. The van der Waals surface area contributed by atoms with Gasteiger partial charge in [0.05, 0.1) is 11.3 Å². The van der Waals surface area contributed by atoms with Gasteiger partial charge in [-0.2, -0.15) is 4.31 Å². The molecule has 1 aliphatic heterocycles. The van der Waals surface area contributed by atoms with Gasteiger partial charge >= 0.3 is 0 Å². The molecule has 0 bridgehead atoms. The molecule has 2 aromatic carbocycles. The van der Waals surface area contributed by atoms with Gasteiger partial charge in [0.2, 0.25) is 15.9 Å². The average Bonchev–Trinajstić information content (AvgIpc) is 3.73. The van der Waals surface area contributed by atoms with Crippen molar-refractivity contribution in [3.63, 3.8) is 0 Å². The number of rotatable bonds is 11. The van der Waals surface area contributed by atoms with Gasteiger partial charge in [-0.25, -0.2) is 12.8 Å². The van der Waals surface area contributed by atoms with Crippen LogP contribution >= 0.6 is 11.6 Å². The predicted octanol–water partition coefficient (Wildman–Crippen LogP) is 4.66. The Labute approximate surface area is 236 Å². The van der Waals surface area contributed by atoms with E-state index in [2.05, 4.69) is 10.6 Å². The van der Waals surface area contributed by atoms with Crippen molar-refractivity contribution < 1.29 is 17.6 Å². The van der Waals surface area contributed by atoms with E-state index < -0.39 is 21.9 Å². The summed E-state index contributed by atoms with van der Waals surface area (Å²) in [4.78, 5) is 13.3. The van der Waals surface area contributed by atoms with Crippen LogP contribution in [0.3, 0.4) is 0 Å². The summed E-state index contributed by atoms with van der Waals surface area (Å²) in [7, 11) is -3.32. The summed E-state index contributed by atoms with van der Waals surface area (Å²) in [6, 6.07) is 10.8. The first-order chi connectivity index (χ1) is 18.5. The molecule has 4 N–H and O–H groups in total. The fraction of sp³-hybridized carbons (Fsp3) is 0.552. The summed E-state index contributed by atoms with van der Waals surface area (Å²) in [6.45, 7) is 7.15. The zero-order chi connectivity index (χ0) is 28.3. The third-order valence-electron chi connectivity index (χ3n) is 7.86. The fourth-order valence-electron chi connectivity index (χ4n) is 5.74. The number of hydrogen-bond donors (Lipinski definition) is 3. The Morgan fingerprint density at radius 1 is 1.18 bits per heavy atom. The molecule has 0 unspecified atom stereocenters. The number of nitrogens with one attached hydrogen (secondary N) is 2. The summed E-state index contributed by atoms with van der Waals surface area (Å²) in [5.41, 5.74) is 8.17. The molecule has 2 aromatic rings. The van der Waals surface area contributed by atoms with E-state index in [1.807, 2.05) is 32.9 Å². The van der Waals surface area contributed by atoms with Crippen molar-refractivity contribution in [3.8, 4) is 0 Å². The minimum Gasteiger partial charge on any atom is -0.324 e. The molecule has 0 radical (unpaired) electrons. The number of amides is 1. The second-order valence-corrected chi connectivity index (χ2v) is 13.8. The number of carbonyl (C=O) groups is 1. The van der Waals surface area contributed by atoms with Gasteiger partial charge < -0.3 is 16.4 Å². The van der Waals surface area contributed by atoms with Crippen LogP contribution in [0.25, 0.3) is 0 Å². The monoisotopic (exact) mass is 578 g/mol. The van der Waals surface area contributed by atoms with Crippen molar-refractivity contribution in [2.75, 3.05) is 18.4 Å². The lowest BCUT2D eigenvalue weighted by Gasteiger charge is -2.40. The highest BCUT2D eigenvalue weighted by molar-refractivity contribution is 7.90. The van der Waals surface area contributed by atoms with Gasteiger partial charge in [0, 0.05) is 47.4 Å². The Balaban J connectivity index is 1.44. The maximum atomic E-state index is 15.0. The fourth-order valence-corrected chi connectivity index (χ4v) is 8.11. The van der Waals surface area contributed by atoms with Crippen LogP contribution in [0, 0.1) is 11.7 Å². The Bertz CT molecular complexity index is 1250. The van der Waals surface area contributed by atoms with Crippen molar-refractivity contribution in [1.82, 2.24) is 9.62 Å². The van der Waals surface area contributed by atoms with Gasteiger partial charge in [0.1, 0.15) is 5.82 Å². The third-order valence-corrected chi connectivity index (χ3v) is 10.7. The number of halogens is 2. The highest BCUT2D eigenvalue weighted by Crippen LogP contribution is 2.35. The van der Waals surface area contributed by atoms with E-state index >= 15 is 0 Å². The van der Waals surface area contributed by atoms with Crippen molar-refractivity contribution in [2.24, 2.45) is 11.7 Å². The molecule has 1 saturated carbocycles. The van der Waals surface area contributed by atoms with Crippen molar-refractivity contribution in [1.29, 1.82) is 0 Å². The number of sulfonamides is 1. The van der Waals surface area contributed by atoms with Gasteiger partial charge in [-0.05, 0) is 74.8 Å². The molecular formula is C29H40ClFN4O3S. The smallest absolute Gasteiger partial charge is 0.241 e. The SMILES string of the molecule is CC(C)[C@H](c1ccc(Cl)cc1)[C@H](N)C(=O)Nc1cccc(F)c1CCC[C@H]1CNC[C@H](C)N1S(=O)(=O)C1CC1. The standard InChI is InChI=1S/C29H40ClFN4O3S/c1-18(2)27(20-10-12-21(30)13-11-20)28(32)29(36)34-26-9-5-8-25(31)24(26)7-4-6-22-17-33-16-19(3)35(22)39(37,38)23-14-15-23/h5,8-13,18-19,22-23,27-28,33H,4,6-7,14-17,32H2,1-3H3,(H,34,36)/t19-,22-,27+,28-/m0/s1. The van der Waals surface area contributed by atoms with E-state index in [1.165, 1.54) is 6.07 Å². The molecule has 1 amide bonds. The van der Waals surface area contributed by atoms with Gasteiger partial charge in [-0.3, -0.25) is 4.79 Å². The lowest BCUT2D eigenvalue weighted by molar-refractivity contribution is -0.118. The first kappa shape index (κ1) is 29.9.